The Hall–Kier alpha value is -4.05. The minimum absolute atomic E-state index is 0.0149. The fraction of sp³-hybridized carbons (Fsp3) is 0.355. The van der Waals surface area contributed by atoms with Crippen molar-refractivity contribution in [3.63, 3.8) is 0 Å². The normalized spacial score (nSPS) is 17.1. The molecule has 0 aliphatic carbocycles. The van der Waals surface area contributed by atoms with Crippen LogP contribution in [0.5, 0.6) is 11.5 Å². The number of halogens is 3. The molecule has 0 aromatic heterocycles. The number of esters is 1. The van der Waals surface area contributed by atoms with Gasteiger partial charge in [-0.25, -0.2) is 0 Å². The average Bonchev–Trinajstić information content (AvgIpc) is 3.06. The predicted octanol–water partition coefficient (Wildman–Crippen LogP) is 5.33. The van der Waals surface area contributed by atoms with Crippen LogP contribution in [0, 0.1) is 0 Å². The molecular formula is C31H33F3N2O5. The summed E-state index contributed by atoms with van der Waals surface area (Å²) in [6, 6.07) is 19.8. The number of rotatable bonds is 10. The first-order valence-corrected chi connectivity index (χ1v) is 13.3. The summed E-state index contributed by atoms with van der Waals surface area (Å²) in [6.45, 7) is 2.52. The largest absolute Gasteiger partial charge is 0.497 e. The minimum Gasteiger partial charge on any atom is -0.497 e. The second-order valence-corrected chi connectivity index (χ2v) is 9.87. The van der Waals surface area contributed by atoms with E-state index < -0.39 is 35.6 Å². The molecule has 1 aliphatic rings. The average molecular weight is 571 g/mol. The van der Waals surface area contributed by atoms with Crippen LogP contribution >= 0.6 is 0 Å². The number of carbonyl (C=O) groups excluding carboxylic acids is 2. The van der Waals surface area contributed by atoms with Gasteiger partial charge in [-0.15, -0.1) is 0 Å². The van der Waals surface area contributed by atoms with Gasteiger partial charge in [-0.2, -0.15) is 13.2 Å². The number of nitrogens with zero attached hydrogens (tertiary/aromatic N) is 2. The molecule has 4 rings (SSSR count). The van der Waals surface area contributed by atoms with Gasteiger partial charge in [0.2, 0.25) is 0 Å². The maximum Gasteiger partial charge on any atom is 0.416 e. The Bertz CT molecular complexity index is 1330. The number of anilines is 1. The quantitative estimate of drug-likeness (QED) is 0.307. The highest BCUT2D eigenvalue weighted by Crippen LogP contribution is 2.43. The minimum atomic E-state index is -4.64. The molecule has 2 atom stereocenters. The van der Waals surface area contributed by atoms with Gasteiger partial charge in [-0.05, 0) is 61.0 Å². The van der Waals surface area contributed by atoms with E-state index in [-0.39, 0.29) is 24.2 Å². The number of benzene rings is 3. The first-order chi connectivity index (χ1) is 19.6. The van der Waals surface area contributed by atoms with E-state index in [1.807, 2.05) is 42.3 Å². The molecule has 3 aromatic carbocycles. The topological polar surface area (TPSA) is 68.3 Å². The van der Waals surface area contributed by atoms with Crippen LogP contribution in [0.25, 0.3) is 0 Å². The molecule has 1 unspecified atom stereocenters. The van der Waals surface area contributed by atoms with Gasteiger partial charge in [-0.1, -0.05) is 36.4 Å². The van der Waals surface area contributed by atoms with Crippen LogP contribution in [0.1, 0.15) is 29.5 Å². The summed E-state index contributed by atoms with van der Waals surface area (Å²) < 4.78 is 59.2. The standard InChI is InChI=1S/C31H33F3N2O5/c1-21(37)41-29-25(22-12-14-23(39-3)15-13-22)20-26-27(31(32,33)34)10-7-11-28(26)36(30(29)38)17-16-35(2)18-19-40-24-8-5-4-6-9-24/h4-15,25,29H,16-20H2,1-3H3/t25?,29-/m1/s1. The smallest absolute Gasteiger partial charge is 0.416 e. The number of carbonyl (C=O) groups is 2. The molecule has 1 amide bonds. The number of methoxy groups -OCH3 is 1. The molecule has 218 valence electrons. The molecule has 10 heteroatoms. The highest BCUT2D eigenvalue weighted by molar-refractivity contribution is 6.00. The van der Waals surface area contributed by atoms with E-state index in [1.165, 1.54) is 31.1 Å². The second-order valence-electron chi connectivity index (χ2n) is 9.87. The summed E-state index contributed by atoms with van der Waals surface area (Å²) in [5.41, 5.74) is -0.115. The lowest BCUT2D eigenvalue weighted by molar-refractivity contribution is -0.154. The van der Waals surface area contributed by atoms with E-state index in [0.29, 0.717) is 31.0 Å². The molecule has 0 spiro atoms. The van der Waals surface area contributed by atoms with E-state index in [2.05, 4.69) is 0 Å². The van der Waals surface area contributed by atoms with Gasteiger partial charge in [-0.3, -0.25) is 9.59 Å². The molecule has 41 heavy (non-hydrogen) atoms. The van der Waals surface area contributed by atoms with E-state index in [4.69, 9.17) is 14.2 Å². The SMILES string of the molecule is COc1ccc(C2Cc3c(cccc3C(F)(F)F)N(CCN(C)CCOc3ccccc3)C(=O)[C@@H]2OC(C)=O)cc1. The molecule has 7 nitrogen and oxygen atoms in total. The third kappa shape index (κ3) is 7.38. The molecule has 1 heterocycles. The fourth-order valence-electron chi connectivity index (χ4n) is 4.98. The number of alkyl halides is 3. The lowest BCUT2D eigenvalue weighted by atomic mass is 9.86. The number of hydrogen-bond acceptors (Lipinski definition) is 6. The van der Waals surface area contributed by atoms with Crippen LogP contribution in [0.2, 0.25) is 0 Å². The van der Waals surface area contributed by atoms with Crippen LogP contribution in [-0.4, -0.2) is 63.3 Å². The summed E-state index contributed by atoms with van der Waals surface area (Å²) in [6.07, 6.45) is -6.11. The van der Waals surface area contributed by atoms with E-state index >= 15 is 0 Å². The van der Waals surface area contributed by atoms with Crippen molar-refractivity contribution in [3.05, 3.63) is 89.5 Å². The summed E-state index contributed by atoms with van der Waals surface area (Å²) in [5.74, 6) is -0.838. The van der Waals surface area contributed by atoms with Gasteiger partial charge in [0.15, 0.2) is 6.10 Å². The van der Waals surface area contributed by atoms with E-state index in [1.54, 1.807) is 24.3 Å². The summed E-state index contributed by atoms with van der Waals surface area (Å²) in [5, 5.41) is 0. The zero-order chi connectivity index (χ0) is 29.6. The Morgan fingerprint density at radius 2 is 1.68 bits per heavy atom. The van der Waals surface area contributed by atoms with Crippen molar-refractivity contribution in [2.75, 3.05) is 45.3 Å². The number of likely N-dealkylation sites (N-methyl/N-ethyl adjacent to an activating group) is 1. The maximum atomic E-state index is 14.2. The second kappa shape index (κ2) is 13.1. The van der Waals surface area contributed by atoms with Crippen LogP contribution in [0.15, 0.2) is 72.8 Å². The van der Waals surface area contributed by atoms with Gasteiger partial charge in [0.05, 0.1) is 12.7 Å². The van der Waals surface area contributed by atoms with E-state index in [0.717, 1.165) is 11.8 Å². The molecule has 3 aromatic rings. The summed E-state index contributed by atoms with van der Waals surface area (Å²) in [4.78, 5) is 29.4. The number of para-hydroxylation sites is 1. The highest BCUT2D eigenvalue weighted by atomic mass is 19.4. The zero-order valence-electron chi connectivity index (χ0n) is 23.2. The molecule has 0 radical (unpaired) electrons. The van der Waals surface area contributed by atoms with Crippen LogP contribution in [0.4, 0.5) is 18.9 Å². The number of amides is 1. The monoisotopic (exact) mass is 570 g/mol. The van der Waals surface area contributed by atoms with Gasteiger partial charge in [0, 0.05) is 38.2 Å². The highest BCUT2D eigenvalue weighted by Gasteiger charge is 2.44. The predicted molar refractivity (Wildman–Crippen MR) is 148 cm³/mol. The first-order valence-electron chi connectivity index (χ1n) is 13.3. The number of hydrogen-bond donors (Lipinski definition) is 0. The molecular weight excluding hydrogens is 537 g/mol. The zero-order valence-corrected chi connectivity index (χ0v) is 23.2. The fourth-order valence-corrected chi connectivity index (χ4v) is 4.98. The van der Waals surface area contributed by atoms with Crippen LogP contribution in [-0.2, 0) is 26.9 Å². The Balaban J connectivity index is 1.65. The van der Waals surface area contributed by atoms with Gasteiger partial charge in [0.1, 0.15) is 18.1 Å². The van der Waals surface area contributed by atoms with Crippen molar-refractivity contribution in [3.8, 4) is 11.5 Å². The van der Waals surface area contributed by atoms with Gasteiger partial charge < -0.3 is 24.0 Å². The Morgan fingerprint density at radius 1 is 0.976 bits per heavy atom. The van der Waals surface area contributed by atoms with E-state index in [9.17, 15) is 22.8 Å². The maximum absolute atomic E-state index is 14.2. The number of ether oxygens (including phenoxy) is 3. The van der Waals surface area contributed by atoms with Crippen molar-refractivity contribution in [1.82, 2.24) is 4.90 Å². The number of fused-ring (bicyclic) bond motifs is 1. The molecule has 0 N–H and O–H groups in total. The van der Waals surface area contributed by atoms with Crippen molar-refractivity contribution in [2.24, 2.45) is 0 Å². The van der Waals surface area contributed by atoms with Gasteiger partial charge in [0.25, 0.3) is 5.91 Å². The third-order valence-corrected chi connectivity index (χ3v) is 7.07. The van der Waals surface area contributed by atoms with Crippen molar-refractivity contribution < 1.29 is 37.0 Å². The Kier molecular flexibility index (Phi) is 9.54. The van der Waals surface area contributed by atoms with Crippen LogP contribution in [0.3, 0.4) is 0 Å². The molecule has 0 saturated heterocycles. The van der Waals surface area contributed by atoms with Crippen molar-refractivity contribution in [1.29, 1.82) is 0 Å². The molecule has 0 fully saturated rings. The lowest BCUT2D eigenvalue weighted by Gasteiger charge is -2.29. The molecule has 0 bridgehead atoms. The summed E-state index contributed by atoms with van der Waals surface area (Å²) >= 11 is 0. The van der Waals surface area contributed by atoms with Crippen molar-refractivity contribution in [2.45, 2.75) is 31.5 Å². The lowest BCUT2D eigenvalue weighted by Crippen LogP contribution is -2.46. The first kappa shape index (κ1) is 29.9. The van der Waals surface area contributed by atoms with Gasteiger partial charge >= 0.3 is 12.1 Å². The van der Waals surface area contributed by atoms with Crippen LogP contribution < -0.4 is 14.4 Å². The molecule has 0 saturated carbocycles. The van der Waals surface area contributed by atoms with Crippen molar-refractivity contribution >= 4 is 17.6 Å². The Morgan fingerprint density at radius 3 is 2.32 bits per heavy atom. The third-order valence-electron chi connectivity index (χ3n) is 7.07. The molecule has 1 aliphatic heterocycles. The summed E-state index contributed by atoms with van der Waals surface area (Å²) in [7, 11) is 3.34. The Labute approximate surface area is 237 Å².